The molecular weight excluding hydrogens is 1350 g/mol. The second-order valence-electron chi connectivity index (χ2n) is 27.5. The Morgan fingerprint density at radius 1 is 0.350 bits per heavy atom. The first-order valence-electron chi connectivity index (χ1n) is 38.9. The maximum Gasteiger partial charge on any atom is 0.311 e. The summed E-state index contributed by atoms with van der Waals surface area (Å²) in [5, 5.41) is 17.3. The van der Waals surface area contributed by atoms with E-state index in [1.165, 1.54) is 62.7 Å². The highest BCUT2D eigenvalue weighted by Gasteiger charge is 2.39. The Morgan fingerprint density at radius 3 is 0.854 bits per heavy atom. The summed E-state index contributed by atoms with van der Waals surface area (Å²) in [5.74, 6) is -4.81. The quantitative estimate of drug-likeness (QED) is 0.0220. The van der Waals surface area contributed by atoms with Gasteiger partial charge in [-0.1, -0.05) is 170 Å². The number of carbonyl (C=O) groups is 11. The minimum Gasteiger partial charge on any atom is -0.481 e. The number of ether oxygens (including phenoxy) is 6. The molecule has 0 bridgehead atoms. The minimum atomic E-state index is -4.11. The van der Waals surface area contributed by atoms with E-state index in [1.807, 2.05) is 4.90 Å². The molecule has 5 aliphatic rings. The molecule has 0 spiro atoms. The average molecular weight is 1490 g/mol. The van der Waals surface area contributed by atoms with Crippen molar-refractivity contribution in [3.05, 3.63) is 0 Å². The van der Waals surface area contributed by atoms with Crippen LogP contribution in [-0.2, 0) is 91.3 Å². The van der Waals surface area contributed by atoms with Crippen LogP contribution in [0.1, 0.15) is 260 Å². The summed E-state index contributed by atoms with van der Waals surface area (Å²) in [6, 6.07) is 0. The number of esters is 5. The molecule has 596 valence electrons. The van der Waals surface area contributed by atoms with Crippen LogP contribution >= 0.6 is 0 Å². The van der Waals surface area contributed by atoms with Gasteiger partial charge in [-0.25, -0.2) is 0 Å². The molecule has 27 nitrogen and oxygen atoms in total. The first-order chi connectivity index (χ1) is 49.4. The summed E-state index contributed by atoms with van der Waals surface area (Å²) in [7, 11) is -2.51. The van der Waals surface area contributed by atoms with Crippen LogP contribution in [-0.4, -0.2) is 238 Å². The zero-order valence-electron chi connectivity index (χ0n) is 63.9. The summed E-state index contributed by atoms with van der Waals surface area (Å²) >= 11 is 0. The first kappa shape index (κ1) is 95.0. The van der Waals surface area contributed by atoms with E-state index >= 15 is 0 Å². The van der Waals surface area contributed by atoms with Crippen molar-refractivity contribution >= 4 is 75.5 Å². The second kappa shape index (κ2) is 59.2. The van der Waals surface area contributed by atoms with Gasteiger partial charge in [-0.15, -0.1) is 0 Å². The number of carboxylic acid groups (broad SMARTS) is 1. The number of hydrogen-bond donors (Lipinski definition) is 3. The molecule has 0 aliphatic carbocycles. The summed E-state index contributed by atoms with van der Waals surface area (Å²) < 4.78 is 61.0. The minimum absolute atomic E-state index is 0.0126. The zero-order chi connectivity index (χ0) is 76.6. The molecule has 5 saturated heterocycles. The molecule has 5 fully saturated rings. The molecule has 5 rings (SSSR count). The van der Waals surface area contributed by atoms with Gasteiger partial charge in [0.2, 0.25) is 29.5 Å². The molecule has 5 amide bonds. The van der Waals surface area contributed by atoms with Gasteiger partial charge >= 0.3 is 35.8 Å². The number of unbranched alkanes of at least 4 members (excludes halogenated alkanes) is 20. The third kappa shape index (κ3) is 45.2. The van der Waals surface area contributed by atoms with Gasteiger partial charge in [-0.2, -0.15) is 8.42 Å². The molecule has 0 aromatic carbocycles. The standard InChI is InChI=1S/C19H35NO3.C15H25NO5.2C14H25NO4.C13H23NO6S/c1-3-5-7-9-10-11-13-20-16-17(15-18(20)21)19(22)23-14-12-8-6-4-2;1-2-3-4-5-9-21-15(20)12-10-13(17)16(11-12)8-6-7-14(18)19;1-3-4-5-6-8-19-14(17)12-10-13(16)15(11-12)7-9-18-2;1-2-3-4-5-9-19-14(18)12-10-13(17)15(11-12)7-6-8-16;1-2-3-4-5-7-20-13(16)11-9-12(15)14(10-11)6-8-21(17,18)19/h17H,3-16H2,1-2H3;12H,2-11H2,1H3,(H,18,19);12H,3-11H2,1-2H3;12,16H,2-11H2,1H3;11H,2-10H2,1H3,(H,17,18,19). The molecule has 0 aromatic rings. The van der Waals surface area contributed by atoms with E-state index < -0.39 is 39.6 Å². The number of carbonyl (C=O) groups excluding carboxylic acids is 10. The molecule has 3 N–H and O–H groups in total. The van der Waals surface area contributed by atoms with Crippen molar-refractivity contribution in [1.29, 1.82) is 0 Å². The largest absolute Gasteiger partial charge is 0.481 e. The number of nitrogens with zero attached hydrogens (tertiary/aromatic N) is 5. The van der Waals surface area contributed by atoms with Crippen LogP contribution in [0.15, 0.2) is 0 Å². The monoisotopic (exact) mass is 1490 g/mol. The van der Waals surface area contributed by atoms with Gasteiger partial charge in [0.25, 0.3) is 10.1 Å². The van der Waals surface area contributed by atoms with E-state index in [4.69, 9.17) is 43.2 Å². The average Bonchev–Trinajstić information content (AvgIpc) is 1.76. The molecule has 0 aromatic heterocycles. The number of aliphatic hydroxyl groups is 1. The van der Waals surface area contributed by atoms with Crippen LogP contribution < -0.4 is 0 Å². The van der Waals surface area contributed by atoms with Gasteiger partial charge < -0.3 is 63.1 Å². The van der Waals surface area contributed by atoms with Gasteiger partial charge in [-0.3, -0.25) is 57.3 Å². The fourth-order valence-electron chi connectivity index (χ4n) is 12.0. The number of methoxy groups -OCH3 is 1. The smallest absolute Gasteiger partial charge is 0.311 e. The summed E-state index contributed by atoms with van der Waals surface area (Å²) in [6.45, 7) is 19.8. The lowest BCUT2D eigenvalue weighted by Gasteiger charge is -2.16. The summed E-state index contributed by atoms with van der Waals surface area (Å²) in [6.07, 6.45) is 30.7. The van der Waals surface area contributed by atoms with Crippen LogP contribution in [0.25, 0.3) is 0 Å². The molecule has 103 heavy (non-hydrogen) atoms. The van der Waals surface area contributed by atoms with Crippen molar-refractivity contribution < 1.29 is 104 Å². The number of rotatable bonds is 50. The van der Waals surface area contributed by atoms with Crippen molar-refractivity contribution in [1.82, 2.24) is 24.5 Å². The summed E-state index contributed by atoms with van der Waals surface area (Å²) in [5.41, 5.74) is 0. The third-order valence-corrected chi connectivity index (χ3v) is 19.0. The fourth-order valence-corrected chi connectivity index (χ4v) is 12.5. The Bertz CT molecular complexity index is 2490. The molecule has 5 aliphatic heterocycles. The predicted molar refractivity (Wildman–Crippen MR) is 389 cm³/mol. The van der Waals surface area contributed by atoms with Gasteiger partial charge in [0, 0.05) is 118 Å². The van der Waals surface area contributed by atoms with Gasteiger partial charge in [-0.05, 0) is 51.4 Å². The SMILES string of the molecule is CCCCCCCCN1CC(C(=O)OCCCCCC)CC1=O.CCCCCCOC(=O)C1CC(=O)N(CCCC(=O)O)C1.CCCCCCOC(=O)C1CC(=O)N(CCCO)C1.CCCCCCOC(=O)C1CC(=O)N(CCOC)C1.CCCCCCOC(=O)C1CC(=O)N(CCS(=O)(=O)O)C1. The van der Waals surface area contributed by atoms with Crippen molar-refractivity contribution in [2.75, 3.05) is 125 Å². The Balaban J connectivity index is 0.000000645. The first-order valence-corrected chi connectivity index (χ1v) is 40.5. The normalized spacial score (nSPS) is 18.5. The van der Waals surface area contributed by atoms with Crippen LogP contribution in [0.4, 0.5) is 0 Å². The van der Waals surface area contributed by atoms with E-state index in [2.05, 4.69) is 41.5 Å². The van der Waals surface area contributed by atoms with Gasteiger partial charge in [0.1, 0.15) is 0 Å². The van der Waals surface area contributed by atoms with Crippen LogP contribution in [0.3, 0.4) is 0 Å². The van der Waals surface area contributed by atoms with E-state index in [-0.39, 0.29) is 123 Å². The number of amides is 5. The molecule has 28 heteroatoms. The lowest BCUT2D eigenvalue weighted by Crippen LogP contribution is -2.31. The Labute approximate surface area is 615 Å². The lowest BCUT2D eigenvalue weighted by molar-refractivity contribution is -0.149. The molecular formula is C75H133N5O22S. The maximum atomic E-state index is 12.0. The topological polar surface area (TPSA) is 354 Å². The van der Waals surface area contributed by atoms with Gasteiger partial charge in [0.05, 0.1) is 75.0 Å². The van der Waals surface area contributed by atoms with Crippen molar-refractivity contribution in [2.45, 2.75) is 260 Å². The number of carboxylic acids is 1. The van der Waals surface area contributed by atoms with Crippen LogP contribution in [0.2, 0.25) is 0 Å². The molecule has 5 atom stereocenters. The van der Waals surface area contributed by atoms with Gasteiger partial charge in [0.15, 0.2) is 0 Å². The maximum absolute atomic E-state index is 12.0. The number of hydrogen-bond acceptors (Lipinski definition) is 20. The molecule has 0 saturated carbocycles. The number of aliphatic hydroxyl groups excluding tert-OH is 1. The fraction of sp³-hybridized carbons (Fsp3) is 0.853. The molecule has 5 unspecified atom stereocenters. The molecule has 0 radical (unpaired) electrons. The Kier molecular flexibility index (Phi) is 54.6. The van der Waals surface area contributed by atoms with Crippen LogP contribution in [0, 0.1) is 29.6 Å². The zero-order valence-corrected chi connectivity index (χ0v) is 64.7. The highest BCUT2D eigenvalue weighted by atomic mass is 32.2. The highest BCUT2D eigenvalue weighted by molar-refractivity contribution is 7.85. The van der Waals surface area contributed by atoms with Crippen LogP contribution in [0.5, 0.6) is 0 Å². The van der Waals surface area contributed by atoms with E-state index in [1.54, 1.807) is 21.8 Å². The lowest BCUT2D eigenvalue weighted by atomic mass is 10.1. The van der Waals surface area contributed by atoms with E-state index in [9.17, 15) is 61.2 Å². The van der Waals surface area contributed by atoms with Crippen molar-refractivity contribution in [2.24, 2.45) is 29.6 Å². The Morgan fingerprint density at radius 2 is 0.592 bits per heavy atom. The highest BCUT2D eigenvalue weighted by Crippen LogP contribution is 2.25. The van der Waals surface area contributed by atoms with Crippen molar-refractivity contribution in [3.63, 3.8) is 0 Å². The number of likely N-dealkylation sites (tertiary alicyclic amines) is 5. The Hall–Kier alpha value is -6.00. The summed E-state index contributed by atoms with van der Waals surface area (Å²) in [4.78, 5) is 136. The third-order valence-electron chi connectivity index (χ3n) is 18.3. The van der Waals surface area contributed by atoms with Crippen molar-refractivity contribution in [3.8, 4) is 0 Å². The predicted octanol–water partition coefficient (Wildman–Crippen LogP) is 9.93. The molecule has 5 heterocycles. The van der Waals surface area contributed by atoms with E-state index in [0.29, 0.717) is 105 Å². The second-order valence-corrected chi connectivity index (χ2v) is 29.0. The van der Waals surface area contributed by atoms with E-state index in [0.717, 1.165) is 116 Å². The number of aliphatic carboxylic acids is 1.